The summed E-state index contributed by atoms with van der Waals surface area (Å²) in [7, 11) is 0.113. The van der Waals surface area contributed by atoms with E-state index in [4.69, 9.17) is 15.4 Å². The molecule has 0 aliphatic rings. The number of halogens is 1. The highest BCUT2D eigenvalue weighted by Crippen LogP contribution is 2.26. The summed E-state index contributed by atoms with van der Waals surface area (Å²) in [5.41, 5.74) is 0. The number of rotatable bonds is 7. The molecule has 0 amide bonds. The van der Waals surface area contributed by atoms with Gasteiger partial charge in [0.05, 0.1) is 0 Å². The molecule has 0 heterocycles. The Balaban J connectivity index is 3.17. The second kappa shape index (κ2) is 6.86. The van der Waals surface area contributed by atoms with Crippen LogP contribution in [0.4, 0.5) is 0 Å². The first-order chi connectivity index (χ1) is 9.21. The van der Waals surface area contributed by atoms with Crippen molar-refractivity contribution in [2.45, 2.75) is 16.2 Å². The fraction of sp³-hybridized carbons (Fsp3) is 0.455. The molecule has 20 heavy (non-hydrogen) atoms. The quantitative estimate of drug-likeness (QED) is 0.551. The molecule has 0 atom stereocenters. The van der Waals surface area contributed by atoms with Gasteiger partial charge in [-0.2, -0.15) is 0 Å². The van der Waals surface area contributed by atoms with Gasteiger partial charge in [0.2, 0.25) is 10.0 Å². The van der Waals surface area contributed by atoms with E-state index < -0.39 is 24.0 Å². The molecule has 1 aromatic rings. The van der Waals surface area contributed by atoms with Gasteiger partial charge < -0.3 is 4.74 Å². The van der Waals surface area contributed by atoms with Gasteiger partial charge in [0.1, 0.15) is 9.79 Å². The number of ether oxygens (including phenoxy) is 1. The molecule has 0 aliphatic heterocycles. The standard InChI is InChI=1S/C11H16ClNO5S2/c1-13(8-5-9-18-2)20(16,17)11-7-4-3-6-10(11)19(12,14)15/h3-4,6-7H,5,8-9H2,1-2H3. The fourth-order valence-corrected chi connectivity index (χ4v) is 4.60. The van der Waals surface area contributed by atoms with Crippen molar-refractivity contribution >= 4 is 29.8 Å². The Morgan fingerprint density at radius 1 is 1.15 bits per heavy atom. The molecule has 0 aromatic heterocycles. The first-order valence-electron chi connectivity index (χ1n) is 5.70. The molecule has 9 heteroatoms. The number of hydrogen-bond acceptors (Lipinski definition) is 5. The lowest BCUT2D eigenvalue weighted by Gasteiger charge is -2.18. The minimum atomic E-state index is -4.13. The first kappa shape index (κ1) is 17.4. The van der Waals surface area contributed by atoms with Crippen LogP contribution in [0.1, 0.15) is 6.42 Å². The Hall–Kier alpha value is -0.670. The SMILES string of the molecule is COCCCN(C)S(=O)(=O)c1ccccc1S(=O)(=O)Cl. The molecule has 1 rings (SSSR count). The topological polar surface area (TPSA) is 80.8 Å². The van der Waals surface area contributed by atoms with E-state index in [0.717, 1.165) is 10.4 Å². The number of hydrogen-bond donors (Lipinski definition) is 0. The van der Waals surface area contributed by atoms with Crippen molar-refractivity contribution in [2.75, 3.05) is 27.3 Å². The first-order valence-corrected chi connectivity index (χ1v) is 9.45. The zero-order valence-corrected chi connectivity index (χ0v) is 13.5. The summed E-state index contributed by atoms with van der Waals surface area (Å²) in [5.74, 6) is 0. The lowest BCUT2D eigenvalue weighted by molar-refractivity contribution is 0.189. The Labute approximate surface area is 123 Å². The predicted octanol–water partition coefficient (Wildman–Crippen LogP) is 1.27. The third kappa shape index (κ3) is 4.16. The zero-order chi connectivity index (χ0) is 15.4. The van der Waals surface area contributed by atoms with Crippen LogP contribution in [0, 0.1) is 0 Å². The van der Waals surface area contributed by atoms with Crippen LogP contribution in [-0.2, 0) is 23.8 Å². The maximum absolute atomic E-state index is 12.4. The number of nitrogens with zero attached hydrogens (tertiary/aromatic N) is 1. The van der Waals surface area contributed by atoms with Gasteiger partial charge in [-0.05, 0) is 18.6 Å². The van der Waals surface area contributed by atoms with Gasteiger partial charge >= 0.3 is 0 Å². The van der Waals surface area contributed by atoms with Gasteiger partial charge in [-0.1, -0.05) is 12.1 Å². The molecule has 1 aromatic carbocycles. The van der Waals surface area contributed by atoms with E-state index >= 15 is 0 Å². The van der Waals surface area contributed by atoms with Crippen molar-refractivity contribution in [3.63, 3.8) is 0 Å². The van der Waals surface area contributed by atoms with E-state index in [0.29, 0.717) is 13.0 Å². The fourth-order valence-electron chi connectivity index (χ4n) is 1.58. The molecule has 114 valence electrons. The second-order valence-corrected chi connectivity index (χ2v) is 8.61. The van der Waals surface area contributed by atoms with Crippen molar-refractivity contribution in [1.82, 2.24) is 4.31 Å². The van der Waals surface area contributed by atoms with Gasteiger partial charge in [-0.3, -0.25) is 0 Å². The van der Waals surface area contributed by atoms with Crippen molar-refractivity contribution in [1.29, 1.82) is 0 Å². The average molecular weight is 342 g/mol. The van der Waals surface area contributed by atoms with Crippen LogP contribution >= 0.6 is 10.7 Å². The summed E-state index contributed by atoms with van der Waals surface area (Å²) >= 11 is 0. The molecular weight excluding hydrogens is 326 g/mol. The Morgan fingerprint density at radius 2 is 1.70 bits per heavy atom. The number of benzene rings is 1. The maximum Gasteiger partial charge on any atom is 0.262 e. The second-order valence-electron chi connectivity index (χ2n) is 4.06. The van der Waals surface area contributed by atoms with E-state index in [1.807, 2.05) is 0 Å². The summed E-state index contributed by atoms with van der Waals surface area (Å²) in [6.07, 6.45) is 0.502. The van der Waals surface area contributed by atoms with Crippen LogP contribution in [0.5, 0.6) is 0 Å². The minimum Gasteiger partial charge on any atom is -0.385 e. The van der Waals surface area contributed by atoms with Gasteiger partial charge in [0.15, 0.2) is 0 Å². The summed E-state index contributed by atoms with van der Waals surface area (Å²) in [4.78, 5) is -0.741. The summed E-state index contributed by atoms with van der Waals surface area (Å²) < 4.78 is 53.5. The summed E-state index contributed by atoms with van der Waals surface area (Å²) in [5, 5.41) is 0. The molecule has 6 nitrogen and oxygen atoms in total. The number of methoxy groups -OCH3 is 1. The maximum atomic E-state index is 12.4. The third-order valence-corrected chi connectivity index (χ3v) is 6.05. The summed E-state index contributed by atoms with van der Waals surface area (Å²) in [6, 6.07) is 5.25. The monoisotopic (exact) mass is 341 g/mol. The Kier molecular flexibility index (Phi) is 5.96. The van der Waals surface area contributed by atoms with E-state index in [2.05, 4.69) is 0 Å². The molecule has 0 radical (unpaired) electrons. The van der Waals surface area contributed by atoms with Gasteiger partial charge in [-0.25, -0.2) is 21.1 Å². The average Bonchev–Trinajstić information content (AvgIpc) is 2.38. The smallest absolute Gasteiger partial charge is 0.262 e. The number of sulfonamides is 1. The molecule has 0 aliphatic carbocycles. The van der Waals surface area contributed by atoms with Gasteiger partial charge in [0, 0.05) is 38.0 Å². The van der Waals surface area contributed by atoms with Crippen LogP contribution in [-0.4, -0.2) is 48.4 Å². The largest absolute Gasteiger partial charge is 0.385 e. The predicted molar refractivity (Wildman–Crippen MR) is 75.8 cm³/mol. The van der Waals surface area contributed by atoms with Crippen molar-refractivity contribution in [2.24, 2.45) is 0 Å². The molecule has 0 bridgehead atoms. The lowest BCUT2D eigenvalue weighted by atomic mass is 10.4. The van der Waals surface area contributed by atoms with E-state index in [9.17, 15) is 16.8 Å². The lowest BCUT2D eigenvalue weighted by Crippen LogP contribution is -2.29. The molecule has 0 unspecified atom stereocenters. The van der Waals surface area contributed by atoms with E-state index in [1.165, 1.54) is 32.4 Å². The van der Waals surface area contributed by atoms with Gasteiger partial charge in [0.25, 0.3) is 9.05 Å². The summed E-state index contributed by atoms with van der Waals surface area (Å²) in [6.45, 7) is 0.627. The van der Waals surface area contributed by atoms with Crippen LogP contribution < -0.4 is 0 Å². The Morgan fingerprint density at radius 3 is 2.20 bits per heavy atom. The highest BCUT2D eigenvalue weighted by atomic mass is 35.7. The molecule has 0 spiro atoms. The Bertz CT molecular complexity index is 657. The van der Waals surface area contributed by atoms with Crippen molar-refractivity contribution in [3.8, 4) is 0 Å². The minimum absolute atomic E-state index is 0.215. The normalized spacial score (nSPS) is 12.8. The third-order valence-electron chi connectivity index (χ3n) is 2.62. The molecule has 0 fully saturated rings. The van der Waals surface area contributed by atoms with E-state index in [1.54, 1.807) is 0 Å². The zero-order valence-electron chi connectivity index (χ0n) is 11.1. The molecule has 0 saturated carbocycles. The van der Waals surface area contributed by atoms with E-state index in [-0.39, 0.29) is 11.4 Å². The van der Waals surface area contributed by atoms with Gasteiger partial charge in [-0.15, -0.1) is 0 Å². The highest BCUT2D eigenvalue weighted by Gasteiger charge is 2.27. The van der Waals surface area contributed by atoms with Crippen molar-refractivity contribution in [3.05, 3.63) is 24.3 Å². The molecule has 0 N–H and O–H groups in total. The van der Waals surface area contributed by atoms with Crippen LogP contribution in [0.15, 0.2) is 34.1 Å². The van der Waals surface area contributed by atoms with Crippen LogP contribution in [0.2, 0.25) is 0 Å². The molecule has 0 saturated heterocycles. The molecular formula is C11H16ClNO5S2. The van der Waals surface area contributed by atoms with Crippen LogP contribution in [0.25, 0.3) is 0 Å². The van der Waals surface area contributed by atoms with Crippen LogP contribution in [0.3, 0.4) is 0 Å². The van der Waals surface area contributed by atoms with Crippen molar-refractivity contribution < 1.29 is 21.6 Å². The highest BCUT2D eigenvalue weighted by molar-refractivity contribution is 8.14.